The van der Waals surface area contributed by atoms with Gasteiger partial charge in [0.25, 0.3) is 0 Å². The van der Waals surface area contributed by atoms with Crippen LogP contribution in [0.2, 0.25) is 0 Å². The fourth-order valence-electron chi connectivity index (χ4n) is 4.38. The highest BCUT2D eigenvalue weighted by Crippen LogP contribution is 2.26. The third kappa shape index (κ3) is 11.1. The minimum Gasteiger partial charge on any atom is -0.370 e. The molecule has 0 aliphatic carbocycles. The number of guanidine groups is 2. The van der Waals surface area contributed by atoms with Crippen LogP contribution in [0.1, 0.15) is 69.2 Å². The van der Waals surface area contributed by atoms with Gasteiger partial charge in [-0.05, 0) is 76.1 Å². The Morgan fingerprint density at radius 3 is 1.34 bits per heavy atom. The molecule has 2 aromatic carbocycles. The van der Waals surface area contributed by atoms with Gasteiger partial charge in [-0.3, -0.25) is 30.4 Å². The van der Waals surface area contributed by atoms with Gasteiger partial charge >= 0.3 is 12.1 Å². The van der Waals surface area contributed by atoms with E-state index in [9.17, 15) is 9.59 Å². The van der Waals surface area contributed by atoms with Crippen LogP contribution in [0.4, 0.5) is 21.0 Å². The van der Waals surface area contributed by atoms with Crippen molar-refractivity contribution in [1.82, 2.24) is 10.6 Å². The summed E-state index contributed by atoms with van der Waals surface area (Å²) in [4.78, 5) is 36.4. The molecule has 226 valence electrons. The number of carbonyl (C=O) groups is 2. The second-order valence-electron chi connectivity index (χ2n) is 9.77. The van der Waals surface area contributed by atoms with Crippen LogP contribution in [0.3, 0.4) is 0 Å². The van der Waals surface area contributed by atoms with Gasteiger partial charge in [0.1, 0.15) is 0 Å². The largest absolute Gasteiger partial charge is 0.370 e. The molecule has 0 aliphatic heterocycles. The topological polar surface area (TPSA) is 141 Å². The summed E-state index contributed by atoms with van der Waals surface area (Å²) >= 11 is 0. The van der Waals surface area contributed by atoms with Gasteiger partial charge in [-0.15, -0.1) is 0 Å². The van der Waals surface area contributed by atoms with Crippen molar-refractivity contribution < 1.29 is 9.59 Å². The molecule has 0 aromatic heterocycles. The normalized spacial score (nSPS) is 11.3. The predicted molar refractivity (Wildman–Crippen MR) is 173 cm³/mol. The number of rotatable bonds is 9. The van der Waals surface area contributed by atoms with E-state index in [0.717, 1.165) is 52.9 Å². The number of aliphatic imine (C=N–C) groups is 2. The fourth-order valence-corrected chi connectivity index (χ4v) is 4.38. The minimum atomic E-state index is -0.237. The van der Waals surface area contributed by atoms with E-state index in [-0.39, 0.29) is 24.0 Å². The molecule has 0 saturated heterocycles. The van der Waals surface area contributed by atoms with Crippen molar-refractivity contribution in [2.24, 2.45) is 21.5 Å². The first kappa shape index (κ1) is 34.9. The Hall–Kier alpha value is -4.08. The summed E-state index contributed by atoms with van der Waals surface area (Å²) in [6, 6.07) is 11.5. The quantitative estimate of drug-likeness (QED) is 0.234. The molecule has 0 aliphatic rings. The van der Waals surface area contributed by atoms with Crippen LogP contribution >= 0.6 is 0 Å². The summed E-state index contributed by atoms with van der Waals surface area (Å²) in [5.74, 6) is 0.332. The van der Waals surface area contributed by atoms with E-state index in [1.807, 2.05) is 91.8 Å². The maximum atomic E-state index is 12.5. The molecule has 10 nitrogen and oxygen atoms in total. The number of anilines is 2. The van der Waals surface area contributed by atoms with Crippen LogP contribution in [-0.4, -0.2) is 50.2 Å². The monoisotopic (exact) mass is 566 g/mol. The molecule has 10 heteroatoms. The van der Waals surface area contributed by atoms with Crippen LogP contribution in [0.15, 0.2) is 46.4 Å². The van der Waals surface area contributed by atoms with Crippen molar-refractivity contribution >= 4 is 35.4 Å². The van der Waals surface area contributed by atoms with Crippen molar-refractivity contribution in [3.63, 3.8) is 0 Å². The first-order valence-corrected chi connectivity index (χ1v) is 14.4. The first-order valence-electron chi connectivity index (χ1n) is 14.4. The maximum absolute atomic E-state index is 12.5. The van der Waals surface area contributed by atoms with Crippen molar-refractivity contribution in [1.29, 1.82) is 0 Å². The third-order valence-corrected chi connectivity index (χ3v) is 6.11. The second-order valence-corrected chi connectivity index (χ2v) is 9.77. The van der Waals surface area contributed by atoms with Gasteiger partial charge in [-0.25, -0.2) is 9.59 Å². The van der Waals surface area contributed by atoms with E-state index in [4.69, 9.17) is 11.5 Å². The van der Waals surface area contributed by atoms with Gasteiger partial charge in [-0.2, -0.15) is 0 Å². The number of nitrogens with one attached hydrogen (secondary N) is 2. The van der Waals surface area contributed by atoms with Crippen molar-refractivity contribution in [2.45, 2.75) is 74.7 Å². The molecule has 0 unspecified atom stereocenters. The van der Waals surface area contributed by atoms with Gasteiger partial charge < -0.3 is 11.5 Å². The van der Waals surface area contributed by atoms with E-state index in [1.54, 1.807) is 9.80 Å². The summed E-state index contributed by atoms with van der Waals surface area (Å²) in [5.41, 5.74) is 17.6. The van der Waals surface area contributed by atoms with Crippen LogP contribution in [0, 0.1) is 27.7 Å². The lowest BCUT2D eigenvalue weighted by molar-refractivity contribution is 0.249. The highest BCUT2D eigenvalue weighted by molar-refractivity contribution is 6.04. The van der Waals surface area contributed by atoms with Crippen LogP contribution in [0.5, 0.6) is 0 Å². The standard InChI is InChI=1S/C16H26N4O.C15H24N4O/c1-5-10-18-15(17)19-16(21)20(11-6-2)14-12(3)8-7-9-13(14)4;1-5-10-19(15(20)18-14(16)17-6-2)13-11(3)8-7-9-12(13)4/h7-9H,5-6,10-11H2,1-4H3,(H3,17,18,19,21);7-9H,5-6,10H2,1-4H3,(H3,16,17,18,20). The van der Waals surface area contributed by atoms with E-state index < -0.39 is 0 Å². The molecular formula is C31H50N8O2. The molecule has 41 heavy (non-hydrogen) atoms. The SMILES string of the molecule is CCCN(C(=O)NC(N)=NCC)c1c(C)cccc1C.CCCN=C(N)NC(=O)N(CCC)c1c(C)cccc1C. The van der Waals surface area contributed by atoms with Crippen molar-refractivity contribution in [3.05, 3.63) is 58.7 Å². The first-order chi connectivity index (χ1) is 19.5. The molecule has 4 amide bonds. The third-order valence-electron chi connectivity index (χ3n) is 6.11. The zero-order valence-corrected chi connectivity index (χ0v) is 26.2. The molecule has 0 heterocycles. The van der Waals surface area contributed by atoms with Crippen LogP contribution in [0.25, 0.3) is 0 Å². The Morgan fingerprint density at radius 2 is 1.02 bits per heavy atom. The average molecular weight is 567 g/mol. The highest BCUT2D eigenvalue weighted by atomic mass is 16.2. The molecule has 2 rings (SSSR count). The summed E-state index contributed by atoms with van der Waals surface area (Å²) in [6.45, 7) is 18.4. The predicted octanol–water partition coefficient (Wildman–Crippen LogP) is 5.52. The molecule has 6 N–H and O–H groups in total. The number of para-hydroxylation sites is 2. The summed E-state index contributed by atoms with van der Waals surface area (Å²) in [7, 11) is 0. The summed E-state index contributed by atoms with van der Waals surface area (Å²) in [5, 5.41) is 5.30. The number of hydrogen-bond acceptors (Lipinski definition) is 4. The zero-order chi connectivity index (χ0) is 30.9. The van der Waals surface area contributed by atoms with E-state index in [0.29, 0.717) is 26.2 Å². The summed E-state index contributed by atoms with van der Waals surface area (Å²) < 4.78 is 0. The van der Waals surface area contributed by atoms with Crippen molar-refractivity contribution in [3.8, 4) is 0 Å². The molecule has 2 aromatic rings. The Bertz CT molecular complexity index is 1150. The van der Waals surface area contributed by atoms with E-state index in [1.165, 1.54) is 0 Å². The van der Waals surface area contributed by atoms with Crippen LogP contribution in [-0.2, 0) is 0 Å². The van der Waals surface area contributed by atoms with E-state index in [2.05, 4.69) is 20.6 Å². The number of carbonyl (C=O) groups excluding carboxylic acids is 2. The number of aryl methyl sites for hydroxylation is 4. The zero-order valence-electron chi connectivity index (χ0n) is 26.2. The van der Waals surface area contributed by atoms with Crippen LogP contribution < -0.4 is 31.9 Å². The second kappa shape index (κ2) is 18.3. The number of hydrogen-bond donors (Lipinski definition) is 4. The molecule has 0 fully saturated rings. The Labute approximate surface area is 246 Å². The van der Waals surface area contributed by atoms with Gasteiger partial charge in [0.15, 0.2) is 11.9 Å². The van der Waals surface area contributed by atoms with E-state index >= 15 is 0 Å². The smallest absolute Gasteiger partial charge is 0.328 e. The average Bonchev–Trinajstić information content (AvgIpc) is 2.91. The number of benzene rings is 2. The van der Waals surface area contributed by atoms with Gasteiger partial charge in [0, 0.05) is 26.2 Å². The number of nitrogens with two attached hydrogens (primary N) is 2. The summed E-state index contributed by atoms with van der Waals surface area (Å²) in [6.07, 6.45) is 2.63. The lowest BCUT2D eigenvalue weighted by atomic mass is 10.1. The number of nitrogens with zero attached hydrogens (tertiary/aromatic N) is 4. The molecule has 0 saturated carbocycles. The van der Waals surface area contributed by atoms with Gasteiger partial charge in [0.2, 0.25) is 0 Å². The fraction of sp³-hybridized carbons (Fsp3) is 0.484. The molecule has 0 spiro atoms. The van der Waals surface area contributed by atoms with Gasteiger partial charge in [-0.1, -0.05) is 57.2 Å². The molecule has 0 radical (unpaired) electrons. The maximum Gasteiger partial charge on any atom is 0.328 e. The molecular weight excluding hydrogens is 516 g/mol. The molecule has 0 atom stereocenters. The van der Waals surface area contributed by atoms with Crippen molar-refractivity contribution in [2.75, 3.05) is 36.0 Å². The van der Waals surface area contributed by atoms with Gasteiger partial charge in [0.05, 0.1) is 11.4 Å². The highest BCUT2D eigenvalue weighted by Gasteiger charge is 2.20. The Balaban J connectivity index is 0.000000410. The minimum absolute atomic E-state index is 0.157. The number of urea groups is 2. The lowest BCUT2D eigenvalue weighted by Crippen LogP contribution is -2.47. The Kier molecular flexibility index (Phi) is 15.6. The number of amides is 4. The Morgan fingerprint density at radius 1 is 0.659 bits per heavy atom. The molecule has 0 bridgehead atoms. The lowest BCUT2D eigenvalue weighted by Gasteiger charge is -2.26.